The normalized spacial score (nSPS) is 11.6. The van der Waals surface area contributed by atoms with Gasteiger partial charge in [0.05, 0.1) is 11.4 Å². The van der Waals surface area contributed by atoms with Crippen LogP contribution in [0.4, 0.5) is 17.1 Å². The van der Waals surface area contributed by atoms with Crippen molar-refractivity contribution in [2.24, 2.45) is 0 Å². The largest absolute Gasteiger partial charge is 3.00 e. The monoisotopic (exact) mass is 762 g/mol. The molecule has 2 heterocycles. The molecule has 0 unspecified atom stereocenters. The Hall–Kier alpha value is -5.13. The Morgan fingerprint density at radius 2 is 1.42 bits per heavy atom. The number of aromatic nitrogens is 1. The van der Waals surface area contributed by atoms with Gasteiger partial charge in [0.1, 0.15) is 0 Å². The Balaban J connectivity index is 0.00000325. The molecule has 1 aromatic heterocycles. The molecule has 1 aliphatic rings. The van der Waals surface area contributed by atoms with E-state index < -0.39 is 0 Å². The number of rotatable bonds is 5. The van der Waals surface area contributed by atoms with Crippen LogP contribution in [0.25, 0.3) is 33.3 Å². The maximum Gasteiger partial charge on any atom is 3.00 e. The van der Waals surface area contributed by atoms with Gasteiger partial charge in [-0.25, -0.2) is 0 Å². The fourth-order valence-corrected chi connectivity index (χ4v) is 5.67. The maximum absolute atomic E-state index is 6.43. The van der Waals surface area contributed by atoms with Crippen molar-refractivity contribution in [1.29, 1.82) is 0 Å². The molecule has 1 aliphatic heterocycles. The van der Waals surface area contributed by atoms with Gasteiger partial charge < -0.3 is 19.4 Å². The van der Waals surface area contributed by atoms with Crippen LogP contribution in [-0.4, -0.2) is 4.98 Å². The standard InChI is InChI=1S/C40H25N2O2.Au/c1-27-22-23-32(26-34(27)40-33-17-6-5-14-29(33)24-35(41-40)28-12-3-2-4-13-28)43-31-16-11-15-30(25-31)42-36-18-7-9-20-38(36)44-39-21-10-8-19-37(39)42;/h2-12,14-15,17-25H,1H3;/q-3;+3. The van der Waals surface area contributed by atoms with Gasteiger partial charge in [0.15, 0.2) is 11.5 Å². The molecule has 0 saturated heterocycles. The number of benzene rings is 6. The molecule has 0 amide bonds. The van der Waals surface area contributed by atoms with E-state index in [0.29, 0.717) is 11.5 Å². The minimum Gasteiger partial charge on any atom is -0.503 e. The minimum absolute atomic E-state index is 0. The first kappa shape index (κ1) is 28.6. The van der Waals surface area contributed by atoms with E-state index in [4.69, 9.17) is 14.5 Å². The summed E-state index contributed by atoms with van der Waals surface area (Å²) >= 11 is 0. The van der Waals surface area contributed by atoms with Crippen molar-refractivity contribution >= 4 is 27.8 Å². The molecular weight excluding hydrogens is 737 g/mol. The van der Waals surface area contributed by atoms with Gasteiger partial charge in [-0.15, -0.1) is 77.4 Å². The third kappa shape index (κ3) is 5.41. The van der Waals surface area contributed by atoms with Gasteiger partial charge in [-0.05, 0) is 46.4 Å². The molecule has 0 saturated carbocycles. The van der Waals surface area contributed by atoms with E-state index in [1.165, 1.54) is 0 Å². The molecule has 5 heteroatoms. The second kappa shape index (κ2) is 12.1. The van der Waals surface area contributed by atoms with Gasteiger partial charge in [-0.2, -0.15) is 6.07 Å². The molecule has 7 aromatic rings. The van der Waals surface area contributed by atoms with Crippen molar-refractivity contribution in [2.45, 2.75) is 6.92 Å². The average molecular weight is 763 g/mol. The van der Waals surface area contributed by atoms with Crippen molar-refractivity contribution in [1.82, 2.24) is 4.98 Å². The number of ether oxygens (including phenoxy) is 2. The Kier molecular flexibility index (Phi) is 7.70. The van der Waals surface area contributed by atoms with Crippen LogP contribution in [0.1, 0.15) is 5.56 Å². The van der Waals surface area contributed by atoms with Gasteiger partial charge in [0.25, 0.3) is 0 Å². The first-order valence-electron chi connectivity index (χ1n) is 14.5. The van der Waals surface area contributed by atoms with E-state index >= 15 is 0 Å². The van der Waals surface area contributed by atoms with Crippen molar-refractivity contribution in [3.63, 3.8) is 0 Å². The van der Waals surface area contributed by atoms with Crippen molar-refractivity contribution in [3.05, 3.63) is 157 Å². The molecule has 0 bridgehead atoms. The van der Waals surface area contributed by atoms with E-state index in [9.17, 15) is 0 Å². The van der Waals surface area contributed by atoms with Gasteiger partial charge >= 0.3 is 22.4 Å². The molecular formula is C40H25AuN2O2. The summed E-state index contributed by atoms with van der Waals surface area (Å²) in [4.78, 5) is 7.31. The predicted octanol–water partition coefficient (Wildman–Crippen LogP) is 10.6. The molecule has 218 valence electrons. The maximum atomic E-state index is 6.43. The Labute approximate surface area is 278 Å². The Morgan fingerprint density at radius 1 is 0.689 bits per heavy atom. The molecule has 4 nitrogen and oxygen atoms in total. The first-order chi connectivity index (χ1) is 21.7. The Bertz CT molecular complexity index is 2120. The number of nitrogens with zero attached hydrogens (tertiary/aromatic N) is 2. The fraction of sp³-hybridized carbons (Fsp3) is 0.0250. The van der Waals surface area contributed by atoms with Crippen LogP contribution in [0.2, 0.25) is 0 Å². The van der Waals surface area contributed by atoms with E-state index in [2.05, 4.69) is 72.5 Å². The van der Waals surface area contributed by atoms with Gasteiger partial charge in [-0.3, -0.25) is 0 Å². The number of anilines is 3. The van der Waals surface area contributed by atoms with E-state index in [0.717, 1.165) is 67.4 Å². The summed E-state index contributed by atoms with van der Waals surface area (Å²) in [6.07, 6.45) is 0. The third-order valence-electron chi connectivity index (χ3n) is 7.76. The van der Waals surface area contributed by atoms with Crippen LogP contribution in [0.15, 0.2) is 133 Å². The molecule has 8 rings (SSSR count). The van der Waals surface area contributed by atoms with Crippen LogP contribution in [-0.2, 0) is 22.4 Å². The van der Waals surface area contributed by atoms with Crippen molar-refractivity contribution in [3.8, 4) is 45.5 Å². The summed E-state index contributed by atoms with van der Waals surface area (Å²) in [7, 11) is 0. The minimum atomic E-state index is 0. The van der Waals surface area contributed by atoms with E-state index in [-0.39, 0.29) is 22.4 Å². The van der Waals surface area contributed by atoms with Crippen LogP contribution in [0.3, 0.4) is 0 Å². The number of pyridine rings is 1. The zero-order chi connectivity index (χ0) is 29.5. The number of aryl methyl sites for hydroxylation is 1. The quantitative estimate of drug-likeness (QED) is 0.129. The van der Waals surface area contributed by atoms with E-state index in [1.54, 1.807) is 0 Å². The second-order valence-corrected chi connectivity index (χ2v) is 10.6. The van der Waals surface area contributed by atoms with Crippen molar-refractivity contribution in [2.75, 3.05) is 4.90 Å². The number of hydrogen-bond donors (Lipinski definition) is 0. The second-order valence-electron chi connectivity index (χ2n) is 10.6. The number of hydrogen-bond acceptors (Lipinski definition) is 4. The summed E-state index contributed by atoms with van der Waals surface area (Å²) in [5.41, 5.74) is 7.48. The third-order valence-corrected chi connectivity index (χ3v) is 7.76. The SMILES string of the molecule is Cc1ccc(Oc2[c-]ccc(N3c4ccccc4Oc4ccccc43)c2)[c-]c1-c1nc(-c2[c-]cccc2)cc2ccccc12.[Au+3]. The molecule has 0 radical (unpaired) electrons. The summed E-state index contributed by atoms with van der Waals surface area (Å²) in [6, 6.07) is 54.4. The molecule has 45 heavy (non-hydrogen) atoms. The molecule has 0 N–H and O–H groups in total. The van der Waals surface area contributed by atoms with Crippen LogP contribution >= 0.6 is 0 Å². The van der Waals surface area contributed by atoms with Gasteiger partial charge in [-0.1, -0.05) is 73.3 Å². The molecule has 6 aromatic carbocycles. The predicted molar refractivity (Wildman–Crippen MR) is 175 cm³/mol. The average Bonchev–Trinajstić information content (AvgIpc) is 3.08. The van der Waals surface area contributed by atoms with Gasteiger partial charge in [0, 0.05) is 11.5 Å². The number of para-hydroxylation sites is 4. The zero-order valence-corrected chi connectivity index (χ0v) is 26.4. The zero-order valence-electron chi connectivity index (χ0n) is 24.2. The topological polar surface area (TPSA) is 34.6 Å². The van der Waals surface area contributed by atoms with Gasteiger partial charge in [0.2, 0.25) is 0 Å². The summed E-state index contributed by atoms with van der Waals surface area (Å²) < 4.78 is 12.6. The molecule has 0 spiro atoms. The molecule has 0 fully saturated rings. The summed E-state index contributed by atoms with van der Waals surface area (Å²) in [6.45, 7) is 2.08. The smallest absolute Gasteiger partial charge is 0.503 e. The molecule has 0 atom stereocenters. The number of fused-ring (bicyclic) bond motifs is 3. The fourth-order valence-electron chi connectivity index (χ4n) is 5.67. The van der Waals surface area contributed by atoms with Crippen molar-refractivity contribution < 1.29 is 31.9 Å². The van der Waals surface area contributed by atoms with Crippen LogP contribution in [0, 0.1) is 25.1 Å². The summed E-state index contributed by atoms with van der Waals surface area (Å²) in [5.74, 6) is 2.77. The van der Waals surface area contributed by atoms with Crippen LogP contribution in [0.5, 0.6) is 23.0 Å². The van der Waals surface area contributed by atoms with Crippen LogP contribution < -0.4 is 14.4 Å². The summed E-state index contributed by atoms with van der Waals surface area (Å²) in [5, 5.41) is 2.16. The van der Waals surface area contributed by atoms with E-state index in [1.807, 2.05) is 91.0 Å². The Morgan fingerprint density at radius 3 is 2.20 bits per heavy atom. The molecule has 0 aliphatic carbocycles. The first-order valence-corrected chi connectivity index (χ1v) is 14.5.